The fourth-order valence-corrected chi connectivity index (χ4v) is 4.02. The molecule has 1 amide bonds. The standard InChI is InChI=1S/C22H26ClFN2O/c23-20-9-3-1-7-17(20)12-16-6-5-11-26(15-16)22(27)14-19(25)13-18-8-2-4-10-21(18)24/h1-4,7-10,16,19H,5-6,11-15,25H2/t16?,19-/m1/s1. The maximum absolute atomic E-state index is 13.8. The highest BCUT2D eigenvalue weighted by Gasteiger charge is 2.25. The van der Waals surface area contributed by atoms with Gasteiger partial charge in [0.25, 0.3) is 0 Å². The number of carbonyl (C=O) groups excluding carboxylic acids is 1. The molecule has 0 spiro atoms. The van der Waals surface area contributed by atoms with Crippen LogP contribution < -0.4 is 5.73 Å². The minimum Gasteiger partial charge on any atom is -0.342 e. The van der Waals surface area contributed by atoms with E-state index in [1.807, 2.05) is 29.2 Å². The summed E-state index contributed by atoms with van der Waals surface area (Å²) >= 11 is 6.27. The van der Waals surface area contributed by atoms with Gasteiger partial charge in [-0.25, -0.2) is 4.39 Å². The highest BCUT2D eigenvalue weighted by Crippen LogP contribution is 2.25. The third kappa shape index (κ3) is 5.53. The first-order chi connectivity index (χ1) is 13.0. The van der Waals surface area contributed by atoms with Crippen molar-refractivity contribution in [3.05, 3.63) is 70.5 Å². The van der Waals surface area contributed by atoms with E-state index in [0.717, 1.165) is 42.9 Å². The van der Waals surface area contributed by atoms with Crippen LogP contribution in [0.2, 0.25) is 5.02 Å². The van der Waals surface area contributed by atoms with Crippen molar-refractivity contribution in [3.8, 4) is 0 Å². The second kappa shape index (κ2) is 9.34. The first-order valence-corrected chi connectivity index (χ1v) is 9.91. The second-order valence-electron chi connectivity index (χ2n) is 7.40. The van der Waals surface area contributed by atoms with Crippen LogP contribution in [0.4, 0.5) is 4.39 Å². The smallest absolute Gasteiger partial charge is 0.224 e. The Morgan fingerprint density at radius 1 is 1.19 bits per heavy atom. The van der Waals surface area contributed by atoms with E-state index in [2.05, 4.69) is 0 Å². The van der Waals surface area contributed by atoms with Crippen LogP contribution in [0.5, 0.6) is 0 Å². The number of nitrogens with two attached hydrogens (primary N) is 1. The number of amides is 1. The van der Waals surface area contributed by atoms with Crippen molar-refractivity contribution in [1.29, 1.82) is 0 Å². The number of carbonyl (C=O) groups is 1. The molecule has 3 nitrogen and oxygen atoms in total. The van der Waals surface area contributed by atoms with E-state index in [1.54, 1.807) is 18.2 Å². The molecule has 144 valence electrons. The van der Waals surface area contributed by atoms with Crippen molar-refractivity contribution < 1.29 is 9.18 Å². The van der Waals surface area contributed by atoms with Gasteiger partial charge in [-0.15, -0.1) is 0 Å². The molecular weight excluding hydrogens is 363 g/mol. The Morgan fingerprint density at radius 2 is 1.89 bits per heavy atom. The SMILES string of the molecule is N[C@@H](CC(=O)N1CCCC(Cc2ccccc2Cl)C1)Cc1ccccc1F. The molecule has 0 radical (unpaired) electrons. The van der Waals surface area contributed by atoms with Crippen LogP contribution in [-0.4, -0.2) is 29.9 Å². The number of piperidine rings is 1. The Bertz CT molecular complexity index is 782. The molecule has 1 unspecified atom stereocenters. The zero-order chi connectivity index (χ0) is 19.2. The van der Waals surface area contributed by atoms with Crippen LogP contribution in [0.15, 0.2) is 48.5 Å². The summed E-state index contributed by atoms with van der Waals surface area (Å²) in [5, 5.41) is 0.785. The summed E-state index contributed by atoms with van der Waals surface area (Å²) < 4.78 is 13.8. The van der Waals surface area contributed by atoms with E-state index in [4.69, 9.17) is 17.3 Å². The first-order valence-electron chi connectivity index (χ1n) is 9.53. The molecule has 2 N–H and O–H groups in total. The maximum atomic E-state index is 13.8. The van der Waals surface area contributed by atoms with Crippen molar-refractivity contribution >= 4 is 17.5 Å². The summed E-state index contributed by atoms with van der Waals surface area (Å²) in [6.45, 7) is 1.50. The van der Waals surface area contributed by atoms with Gasteiger partial charge in [0.15, 0.2) is 0 Å². The van der Waals surface area contributed by atoms with Crippen LogP contribution >= 0.6 is 11.6 Å². The molecule has 1 aliphatic rings. The molecule has 1 heterocycles. The topological polar surface area (TPSA) is 46.3 Å². The third-order valence-corrected chi connectivity index (χ3v) is 5.58. The summed E-state index contributed by atoms with van der Waals surface area (Å²) in [5.74, 6) is 0.200. The molecule has 1 aliphatic heterocycles. The molecule has 2 aromatic carbocycles. The maximum Gasteiger partial charge on any atom is 0.224 e. The number of hydrogen-bond donors (Lipinski definition) is 1. The normalized spacial score (nSPS) is 18.3. The van der Waals surface area contributed by atoms with Gasteiger partial charge >= 0.3 is 0 Å². The second-order valence-corrected chi connectivity index (χ2v) is 7.81. The fraction of sp³-hybridized carbons (Fsp3) is 0.409. The summed E-state index contributed by atoms with van der Waals surface area (Å²) in [5.41, 5.74) is 7.83. The molecule has 0 aromatic heterocycles. The van der Waals surface area contributed by atoms with Gasteiger partial charge in [-0.1, -0.05) is 48.0 Å². The van der Waals surface area contributed by atoms with Gasteiger partial charge < -0.3 is 10.6 Å². The molecule has 1 fully saturated rings. The van der Waals surface area contributed by atoms with E-state index in [9.17, 15) is 9.18 Å². The van der Waals surface area contributed by atoms with Gasteiger partial charge in [-0.2, -0.15) is 0 Å². The van der Waals surface area contributed by atoms with Crippen molar-refractivity contribution in [2.24, 2.45) is 11.7 Å². The summed E-state index contributed by atoms with van der Waals surface area (Å²) in [4.78, 5) is 14.6. The average Bonchev–Trinajstić information content (AvgIpc) is 2.66. The largest absolute Gasteiger partial charge is 0.342 e. The number of rotatable bonds is 6. The third-order valence-electron chi connectivity index (χ3n) is 5.21. The zero-order valence-electron chi connectivity index (χ0n) is 15.4. The molecule has 0 aliphatic carbocycles. The number of hydrogen-bond acceptors (Lipinski definition) is 2. The molecule has 3 rings (SSSR count). The molecule has 27 heavy (non-hydrogen) atoms. The predicted molar refractivity (Wildman–Crippen MR) is 107 cm³/mol. The van der Waals surface area contributed by atoms with Gasteiger partial charge in [0.1, 0.15) is 5.82 Å². The minimum atomic E-state index is -0.377. The Kier molecular flexibility index (Phi) is 6.86. The molecule has 2 atom stereocenters. The fourth-order valence-electron chi connectivity index (χ4n) is 3.81. The van der Waals surface area contributed by atoms with Crippen molar-refractivity contribution in [2.75, 3.05) is 13.1 Å². The van der Waals surface area contributed by atoms with Crippen LogP contribution in [0.25, 0.3) is 0 Å². The van der Waals surface area contributed by atoms with Gasteiger partial charge in [0.05, 0.1) is 0 Å². The Labute approximate surface area is 165 Å². The number of nitrogens with zero attached hydrogens (tertiary/aromatic N) is 1. The van der Waals surface area contributed by atoms with Gasteiger partial charge in [-0.3, -0.25) is 4.79 Å². The molecule has 0 bridgehead atoms. The highest BCUT2D eigenvalue weighted by molar-refractivity contribution is 6.31. The van der Waals surface area contributed by atoms with Gasteiger partial charge in [-0.05, 0) is 54.9 Å². The monoisotopic (exact) mass is 388 g/mol. The minimum absolute atomic E-state index is 0.0581. The van der Waals surface area contributed by atoms with E-state index < -0.39 is 0 Å². The Hall–Kier alpha value is -1.91. The van der Waals surface area contributed by atoms with Crippen molar-refractivity contribution in [1.82, 2.24) is 4.90 Å². The van der Waals surface area contributed by atoms with E-state index in [0.29, 0.717) is 17.9 Å². The Morgan fingerprint density at radius 3 is 2.63 bits per heavy atom. The highest BCUT2D eigenvalue weighted by atomic mass is 35.5. The quantitative estimate of drug-likeness (QED) is 0.805. The van der Waals surface area contributed by atoms with E-state index >= 15 is 0 Å². The van der Waals surface area contributed by atoms with E-state index in [-0.39, 0.29) is 24.2 Å². The van der Waals surface area contributed by atoms with Gasteiger partial charge in [0.2, 0.25) is 5.91 Å². The lowest BCUT2D eigenvalue weighted by Gasteiger charge is -2.33. The van der Waals surface area contributed by atoms with Crippen LogP contribution in [-0.2, 0) is 17.6 Å². The molecule has 0 saturated carbocycles. The molecule has 1 saturated heterocycles. The predicted octanol–water partition coefficient (Wildman–Crippen LogP) is 4.22. The number of benzene rings is 2. The average molecular weight is 389 g/mol. The lowest BCUT2D eigenvalue weighted by molar-refractivity contribution is -0.133. The molecule has 5 heteroatoms. The van der Waals surface area contributed by atoms with Crippen LogP contribution in [0.3, 0.4) is 0 Å². The van der Waals surface area contributed by atoms with Crippen LogP contribution in [0, 0.1) is 11.7 Å². The molecule has 2 aromatic rings. The van der Waals surface area contributed by atoms with Crippen molar-refractivity contribution in [3.63, 3.8) is 0 Å². The lowest BCUT2D eigenvalue weighted by atomic mass is 9.91. The summed E-state index contributed by atoms with van der Waals surface area (Å²) in [6, 6.07) is 14.1. The Balaban J connectivity index is 1.53. The summed E-state index contributed by atoms with van der Waals surface area (Å²) in [6.07, 6.45) is 3.58. The number of likely N-dealkylation sites (tertiary alicyclic amines) is 1. The first kappa shape index (κ1) is 19.8. The van der Waals surface area contributed by atoms with Crippen LogP contribution in [0.1, 0.15) is 30.4 Å². The van der Waals surface area contributed by atoms with Crippen molar-refractivity contribution in [2.45, 2.75) is 38.1 Å². The van der Waals surface area contributed by atoms with E-state index in [1.165, 1.54) is 6.07 Å². The van der Waals surface area contributed by atoms with Gasteiger partial charge in [0, 0.05) is 30.6 Å². The lowest BCUT2D eigenvalue weighted by Crippen LogP contribution is -2.43. The molecular formula is C22H26ClFN2O. The number of halogens is 2. The zero-order valence-corrected chi connectivity index (χ0v) is 16.2. The summed E-state index contributed by atoms with van der Waals surface area (Å²) in [7, 11) is 0.